The Morgan fingerprint density at radius 1 is 1.45 bits per heavy atom. The van der Waals surface area contributed by atoms with E-state index in [4.69, 9.17) is 4.74 Å². The Kier molecular flexibility index (Phi) is 5.83. The number of nitrogens with one attached hydrogen (secondary N) is 1. The molecule has 114 valence electrons. The van der Waals surface area contributed by atoms with Crippen LogP contribution in [-0.4, -0.2) is 48.8 Å². The number of hydrogen-bond donors (Lipinski definition) is 1. The average Bonchev–Trinajstić information content (AvgIpc) is 2.70. The van der Waals surface area contributed by atoms with Gasteiger partial charge in [0.05, 0.1) is 12.2 Å². The van der Waals surface area contributed by atoms with Gasteiger partial charge in [0.25, 0.3) is 0 Å². The summed E-state index contributed by atoms with van der Waals surface area (Å²) in [4.78, 5) is 2.57. The van der Waals surface area contributed by atoms with E-state index in [1.54, 1.807) is 0 Å². The molecule has 1 aliphatic heterocycles. The molecule has 3 unspecified atom stereocenters. The molecule has 1 saturated carbocycles. The topological polar surface area (TPSA) is 48.3 Å². The first-order valence-electron chi connectivity index (χ1n) is 8.21. The highest BCUT2D eigenvalue weighted by molar-refractivity contribution is 5.11. The number of hydrogen-bond acceptors (Lipinski definition) is 4. The summed E-state index contributed by atoms with van der Waals surface area (Å²) < 4.78 is 5.74. The molecule has 0 radical (unpaired) electrons. The van der Waals surface area contributed by atoms with Crippen molar-refractivity contribution in [1.29, 1.82) is 5.26 Å². The first kappa shape index (κ1) is 15.8. The number of nitriles is 1. The second-order valence-corrected chi connectivity index (χ2v) is 6.40. The molecule has 2 aliphatic rings. The zero-order chi connectivity index (χ0) is 14.4. The minimum Gasteiger partial charge on any atom is -0.377 e. The van der Waals surface area contributed by atoms with E-state index in [9.17, 15) is 5.26 Å². The fourth-order valence-corrected chi connectivity index (χ4v) is 3.58. The quantitative estimate of drug-likeness (QED) is 0.858. The van der Waals surface area contributed by atoms with E-state index in [1.807, 2.05) is 0 Å². The van der Waals surface area contributed by atoms with Gasteiger partial charge in [-0.1, -0.05) is 6.92 Å². The van der Waals surface area contributed by atoms with Crippen LogP contribution in [0.15, 0.2) is 0 Å². The minimum atomic E-state index is -0.296. The van der Waals surface area contributed by atoms with Crippen LogP contribution in [0.2, 0.25) is 0 Å². The molecule has 0 aromatic rings. The van der Waals surface area contributed by atoms with E-state index in [-0.39, 0.29) is 5.54 Å². The molecule has 4 nitrogen and oxygen atoms in total. The van der Waals surface area contributed by atoms with Crippen LogP contribution in [0.25, 0.3) is 0 Å². The van der Waals surface area contributed by atoms with Crippen LogP contribution in [0.1, 0.15) is 52.4 Å². The SMILES string of the molecule is CCCNC1(C#N)CCCC(N2CCCOC(C)C2)C1. The van der Waals surface area contributed by atoms with E-state index in [2.05, 4.69) is 30.1 Å². The van der Waals surface area contributed by atoms with Crippen LogP contribution in [0.4, 0.5) is 0 Å². The van der Waals surface area contributed by atoms with Gasteiger partial charge in [-0.2, -0.15) is 5.26 Å². The van der Waals surface area contributed by atoms with Crippen LogP contribution in [0, 0.1) is 11.3 Å². The van der Waals surface area contributed by atoms with Crippen molar-refractivity contribution in [2.24, 2.45) is 0 Å². The summed E-state index contributed by atoms with van der Waals surface area (Å²) in [7, 11) is 0. The molecule has 1 aliphatic carbocycles. The Balaban J connectivity index is 1.99. The van der Waals surface area contributed by atoms with Crippen molar-refractivity contribution in [3.05, 3.63) is 0 Å². The predicted molar refractivity (Wildman–Crippen MR) is 80.5 cm³/mol. The standard InChI is InChI=1S/C16H29N3O/c1-3-8-18-16(13-17)7-4-6-15(11-16)19-9-5-10-20-14(2)12-19/h14-15,18H,3-12H2,1-2H3. The van der Waals surface area contributed by atoms with Crippen LogP contribution in [-0.2, 0) is 4.74 Å². The van der Waals surface area contributed by atoms with Crippen molar-refractivity contribution in [1.82, 2.24) is 10.2 Å². The monoisotopic (exact) mass is 279 g/mol. The van der Waals surface area contributed by atoms with Crippen LogP contribution >= 0.6 is 0 Å². The van der Waals surface area contributed by atoms with Crippen LogP contribution in [0.5, 0.6) is 0 Å². The normalized spacial score (nSPS) is 36.2. The van der Waals surface area contributed by atoms with Gasteiger partial charge in [-0.3, -0.25) is 10.2 Å². The zero-order valence-corrected chi connectivity index (χ0v) is 13.0. The van der Waals surface area contributed by atoms with Crippen molar-refractivity contribution in [2.45, 2.75) is 70.1 Å². The Bertz CT molecular complexity index is 341. The van der Waals surface area contributed by atoms with E-state index in [0.29, 0.717) is 12.1 Å². The van der Waals surface area contributed by atoms with Gasteiger partial charge in [0.1, 0.15) is 5.54 Å². The lowest BCUT2D eigenvalue weighted by molar-refractivity contribution is 0.0509. The highest BCUT2D eigenvalue weighted by Crippen LogP contribution is 2.31. The van der Waals surface area contributed by atoms with Crippen molar-refractivity contribution in [3.63, 3.8) is 0 Å². The maximum absolute atomic E-state index is 9.64. The fourth-order valence-electron chi connectivity index (χ4n) is 3.58. The molecule has 0 aromatic carbocycles. The summed E-state index contributed by atoms with van der Waals surface area (Å²) in [6.45, 7) is 8.27. The lowest BCUT2D eigenvalue weighted by atomic mass is 9.79. The average molecular weight is 279 g/mol. The smallest absolute Gasteiger partial charge is 0.108 e. The molecule has 2 fully saturated rings. The summed E-state index contributed by atoms with van der Waals surface area (Å²) in [5, 5.41) is 13.1. The maximum Gasteiger partial charge on any atom is 0.108 e. The number of rotatable bonds is 4. The second-order valence-electron chi connectivity index (χ2n) is 6.40. The third kappa shape index (κ3) is 3.94. The van der Waals surface area contributed by atoms with Crippen molar-refractivity contribution >= 4 is 0 Å². The molecule has 20 heavy (non-hydrogen) atoms. The molecule has 0 spiro atoms. The molecule has 2 rings (SSSR count). The van der Waals surface area contributed by atoms with Crippen molar-refractivity contribution < 1.29 is 4.74 Å². The Morgan fingerprint density at radius 3 is 3.05 bits per heavy atom. The van der Waals surface area contributed by atoms with Gasteiger partial charge in [-0.15, -0.1) is 0 Å². The molecule has 1 heterocycles. The van der Waals surface area contributed by atoms with Gasteiger partial charge in [0.15, 0.2) is 0 Å². The molecular weight excluding hydrogens is 250 g/mol. The first-order chi connectivity index (χ1) is 9.69. The Labute approximate surface area is 123 Å². The van der Waals surface area contributed by atoms with E-state index in [1.165, 1.54) is 6.42 Å². The highest BCUT2D eigenvalue weighted by Gasteiger charge is 2.38. The van der Waals surface area contributed by atoms with E-state index in [0.717, 1.165) is 58.3 Å². The minimum absolute atomic E-state index is 0.296. The third-order valence-corrected chi connectivity index (χ3v) is 4.65. The fraction of sp³-hybridized carbons (Fsp3) is 0.938. The first-order valence-corrected chi connectivity index (χ1v) is 8.21. The van der Waals surface area contributed by atoms with Gasteiger partial charge >= 0.3 is 0 Å². The molecular formula is C16H29N3O. The van der Waals surface area contributed by atoms with Gasteiger partial charge in [-0.05, 0) is 52.0 Å². The molecule has 0 amide bonds. The molecule has 0 bridgehead atoms. The number of nitrogens with zero attached hydrogens (tertiary/aromatic N) is 2. The summed E-state index contributed by atoms with van der Waals surface area (Å²) in [5.41, 5.74) is -0.296. The van der Waals surface area contributed by atoms with Crippen molar-refractivity contribution in [3.8, 4) is 6.07 Å². The third-order valence-electron chi connectivity index (χ3n) is 4.65. The molecule has 0 aromatic heterocycles. The highest BCUT2D eigenvalue weighted by atomic mass is 16.5. The van der Waals surface area contributed by atoms with E-state index >= 15 is 0 Å². The van der Waals surface area contributed by atoms with Gasteiger partial charge < -0.3 is 4.74 Å². The summed E-state index contributed by atoms with van der Waals surface area (Å²) in [6, 6.07) is 3.12. The Morgan fingerprint density at radius 2 is 2.30 bits per heavy atom. The van der Waals surface area contributed by atoms with Gasteiger partial charge in [-0.25, -0.2) is 0 Å². The van der Waals surface area contributed by atoms with Crippen molar-refractivity contribution in [2.75, 3.05) is 26.2 Å². The summed E-state index contributed by atoms with van der Waals surface area (Å²) in [5.74, 6) is 0. The molecule has 3 atom stereocenters. The number of ether oxygens (including phenoxy) is 1. The summed E-state index contributed by atoms with van der Waals surface area (Å²) >= 11 is 0. The lowest BCUT2D eigenvalue weighted by Gasteiger charge is -2.41. The molecule has 1 saturated heterocycles. The van der Waals surface area contributed by atoms with E-state index < -0.39 is 0 Å². The maximum atomic E-state index is 9.64. The predicted octanol–water partition coefficient (Wildman–Crippen LogP) is 2.30. The zero-order valence-electron chi connectivity index (χ0n) is 13.0. The van der Waals surface area contributed by atoms with Gasteiger partial charge in [0, 0.05) is 25.7 Å². The molecule has 4 heteroatoms. The Hall–Kier alpha value is -0.630. The molecule has 1 N–H and O–H groups in total. The van der Waals surface area contributed by atoms with Crippen LogP contribution < -0.4 is 5.32 Å². The van der Waals surface area contributed by atoms with Crippen LogP contribution in [0.3, 0.4) is 0 Å². The second kappa shape index (κ2) is 7.40. The lowest BCUT2D eigenvalue weighted by Crippen LogP contribution is -2.53. The summed E-state index contributed by atoms with van der Waals surface area (Å²) in [6.07, 6.45) is 6.87. The largest absolute Gasteiger partial charge is 0.377 e. The van der Waals surface area contributed by atoms with Gasteiger partial charge in [0.2, 0.25) is 0 Å².